The van der Waals surface area contributed by atoms with Gasteiger partial charge in [0.05, 0.1) is 36.3 Å². The van der Waals surface area contributed by atoms with Crippen LogP contribution in [0.5, 0.6) is 0 Å². The summed E-state index contributed by atoms with van der Waals surface area (Å²) >= 11 is 0. The maximum Gasteiger partial charge on any atom is 0.0897 e. The Morgan fingerprint density at radius 2 is 2.04 bits per heavy atom. The van der Waals surface area contributed by atoms with Crippen LogP contribution in [0.2, 0.25) is 0 Å². The van der Waals surface area contributed by atoms with E-state index in [1.807, 2.05) is 6.20 Å². The number of aryl methyl sites for hydroxylation is 1. The molecule has 1 atom stereocenters. The minimum atomic E-state index is -0.679. The second-order valence-electron chi connectivity index (χ2n) is 7.11. The Hall–Kier alpha value is -1.80. The Labute approximate surface area is 154 Å². The third-order valence-electron chi connectivity index (χ3n) is 4.77. The van der Waals surface area contributed by atoms with E-state index >= 15 is 0 Å². The van der Waals surface area contributed by atoms with Crippen LogP contribution in [0, 0.1) is 0 Å². The lowest BCUT2D eigenvalue weighted by Crippen LogP contribution is -2.39. The Bertz CT molecular complexity index is 700. The molecule has 3 rings (SSSR count). The molecule has 3 heterocycles. The van der Waals surface area contributed by atoms with Gasteiger partial charge in [-0.25, -0.2) is 0 Å². The number of aliphatic hydroxyl groups excluding tert-OH is 2. The average molecular weight is 359 g/mol. The van der Waals surface area contributed by atoms with Crippen molar-refractivity contribution >= 4 is 0 Å². The van der Waals surface area contributed by atoms with Crippen molar-refractivity contribution in [1.82, 2.24) is 24.6 Å². The van der Waals surface area contributed by atoms with Crippen molar-refractivity contribution in [2.75, 3.05) is 26.7 Å². The lowest BCUT2D eigenvalue weighted by molar-refractivity contribution is 0.0499. The Balaban J connectivity index is 1.56. The molecule has 26 heavy (non-hydrogen) atoms. The van der Waals surface area contributed by atoms with Gasteiger partial charge in [-0.05, 0) is 31.2 Å². The topological polar surface area (TPSA) is 77.7 Å². The highest BCUT2D eigenvalue weighted by molar-refractivity contribution is 5.15. The molecule has 7 nitrogen and oxygen atoms in total. The number of hydrogen-bond acceptors (Lipinski definition) is 6. The molecule has 2 aromatic rings. The zero-order chi connectivity index (χ0) is 18.5. The van der Waals surface area contributed by atoms with Crippen LogP contribution in [0.1, 0.15) is 29.6 Å². The second-order valence-corrected chi connectivity index (χ2v) is 7.11. The molecule has 0 aliphatic carbocycles. The summed E-state index contributed by atoms with van der Waals surface area (Å²) in [6, 6.07) is 6.38. The van der Waals surface area contributed by atoms with Crippen LogP contribution < -0.4 is 0 Å². The number of aliphatic hydroxyl groups is 2. The molecule has 2 aromatic heterocycles. The minimum Gasteiger partial charge on any atom is -0.394 e. The second kappa shape index (κ2) is 8.73. The fourth-order valence-corrected chi connectivity index (χ4v) is 3.34. The van der Waals surface area contributed by atoms with Gasteiger partial charge in [0.2, 0.25) is 0 Å². The summed E-state index contributed by atoms with van der Waals surface area (Å²) in [5.41, 5.74) is 4.54. The molecule has 0 saturated heterocycles. The Morgan fingerprint density at radius 3 is 2.73 bits per heavy atom. The van der Waals surface area contributed by atoms with Gasteiger partial charge in [0.25, 0.3) is 0 Å². The van der Waals surface area contributed by atoms with E-state index in [0.29, 0.717) is 6.54 Å². The van der Waals surface area contributed by atoms with E-state index in [4.69, 9.17) is 10.2 Å². The lowest BCUT2D eigenvalue weighted by Gasteiger charge is -2.28. The Morgan fingerprint density at radius 1 is 1.23 bits per heavy atom. The number of fused-ring (bicyclic) bond motifs is 1. The summed E-state index contributed by atoms with van der Waals surface area (Å²) in [4.78, 5) is 8.90. The predicted molar refractivity (Wildman–Crippen MR) is 99.4 cm³/mol. The summed E-state index contributed by atoms with van der Waals surface area (Å²) in [6.45, 7) is 6.42. The number of β-amino-alcohol motifs (C(OH)–C–C–N with tert-alkyl or cyclic N) is 1. The zero-order valence-corrected chi connectivity index (χ0v) is 15.7. The quantitative estimate of drug-likeness (QED) is 0.720. The molecule has 0 aromatic carbocycles. The van der Waals surface area contributed by atoms with Crippen LogP contribution in [-0.2, 0) is 32.6 Å². The third-order valence-corrected chi connectivity index (χ3v) is 4.77. The van der Waals surface area contributed by atoms with Gasteiger partial charge in [-0.3, -0.25) is 19.5 Å². The summed E-state index contributed by atoms with van der Waals surface area (Å²) in [5, 5.41) is 23.3. The van der Waals surface area contributed by atoms with Crippen LogP contribution in [-0.4, -0.2) is 67.6 Å². The molecule has 0 saturated carbocycles. The number of aromatic nitrogens is 3. The number of rotatable bonds is 8. The largest absolute Gasteiger partial charge is 0.394 e. The molecular weight excluding hydrogens is 330 g/mol. The van der Waals surface area contributed by atoms with E-state index in [2.05, 4.69) is 51.6 Å². The maximum atomic E-state index is 9.63. The predicted octanol–water partition coefficient (Wildman–Crippen LogP) is 0.641. The van der Waals surface area contributed by atoms with E-state index in [9.17, 15) is 5.11 Å². The third kappa shape index (κ3) is 4.88. The van der Waals surface area contributed by atoms with Crippen molar-refractivity contribution in [3.05, 3.63) is 47.0 Å². The van der Waals surface area contributed by atoms with Crippen molar-refractivity contribution in [2.45, 2.75) is 45.6 Å². The first kappa shape index (κ1) is 19.0. The molecule has 0 bridgehead atoms. The molecular formula is C19H29N5O2. The van der Waals surface area contributed by atoms with Crippen molar-refractivity contribution in [3.63, 3.8) is 0 Å². The SMILES string of the molecule is CCc1ccc(CN(C)Cc2cc3n(n2)CCN(C[C@H](O)CO)C3)nc1. The van der Waals surface area contributed by atoms with Crippen LogP contribution in [0.4, 0.5) is 0 Å². The van der Waals surface area contributed by atoms with Crippen molar-refractivity contribution in [2.24, 2.45) is 0 Å². The maximum absolute atomic E-state index is 9.63. The van der Waals surface area contributed by atoms with Gasteiger partial charge in [0, 0.05) is 38.9 Å². The molecule has 0 radical (unpaired) electrons. The van der Waals surface area contributed by atoms with Gasteiger partial charge >= 0.3 is 0 Å². The smallest absolute Gasteiger partial charge is 0.0897 e. The van der Waals surface area contributed by atoms with Gasteiger partial charge in [-0.2, -0.15) is 5.10 Å². The first-order valence-electron chi connectivity index (χ1n) is 9.26. The number of nitrogens with zero attached hydrogens (tertiary/aromatic N) is 5. The summed E-state index contributed by atoms with van der Waals surface area (Å²) in [7, 11) is 2.08. The molecule has 1 aliphatic rings. The summed E-state index contributed by atoms with van der Waals surface area (Å²) in [5.74, 6) is 0. The van der Waals surface area contributed by atoms with Crippen LogP contribution >= 0.6 is 0 Å². The fraction of sp³-hybridized carbons (Fsp3) is 0.579. The van der Waals surface area contributed by atoms with E-state index in [1.54, 1.807) is 0 Å². The van der Waals surface area contributed by atoms with Gasteiger partial charge in [0.15, 0.2) is 0 Å². The first-order chi connectivity index (χ1) is 12.6. The zero-order valence-electron chi connectivity index (χ0n) is 15.7. The molecule has 0 amide bonds. The van der Waals surface area contributed by atoms with Crippen LogP contribution in [0.3, 0.4) is 0 Å². The standard InChI is InChI=1S/C19H29N5O2/c1-3-15-4-5-16(20-9-15)10-22(2)11-17-8-18-12-23(13-19(26)14-25)6-7-24(18)21-17/h4-5,8-9,19,25-26H,3,6-7,10-14H2,1-2H3/t19-/m0/s1. The number of hydrogen-bond donors (Lipinski definition) is 2. The highest BCUT2D eigenvalue weighted by Gasteiger charge is 2.20. The minimum absolute atomic E-state index is 0.195. The molecule has 142 valence electrons. The van der Waals surface area contributed by atoms with Crippen molar-refractivity contribution < 1.29 is 10.2 Å². The van der Waals surface area contributed by atoms with Crippen LogP contribution in [0.25, 0.3) is 0 Å². The van der Waals surface area contributed by atoms with Gasteiger partial charge in [0.1, 0.15) is 0 Å². The van der Waals surface area contributed by atoms with Gasteiger partial charge < -0.3 is 10.2 Å². The lowest BCUT2D eigenvalue weighted by atomic mass is 10.2. The normalized spacial score (nSPS) is 16.0. The van der Waals surface area contributed by atoms with E-state index in [-0.39, 0.29) is 6.61 Å². The highest BCUT2D eigenvalue weighted by Crippen LogP contribution is 2.15. The molecule has 1 aliphatic heterocycles. The highest BCUT2D eigenvalue weighted by atomic mass is 16.3. The average Bonchev–Trinajstić information content (AvgIpc) is 3.03. The number of pyridine rings is 1. The van der Waals surface area contributed by atoms with Crippen molar-refractivity contribution in [3.8, 4) is 0 Å². The van der Waals surface area contributed by atoms with E-state index < -0.39 is 6.10 Å². The molecule has 0 fully saturated rings. The van der Waals surface area contributed by atoms with Gasteiger partial charge in [-0.1, -0.05) is 13.0 Å². The Kier molecular flexibility index (Phi) is 6.37. The monoisotopic (exact) mass is 359 g/mol. The molecule has 0 spiro atoms. The van der Waals surface area contributed by atoms with Gasteiger partial charge in [-0.15, -0.1) is 0 Å². The van der Waals surface area contributed by atoms with E-state index in [0.717, 1.165) is 56.2 Å². The first-order valence-corrected chi connectivity index (χ1v) is 9.26. The molecule has 0 unspecified atom stereocenters. The van der Waals surface area contributed by atoms with E-state index in [1.165, 1.54) is 5.56 Å². The summed E-state index contributed by atoms with van der Waals surface area (Å²) in [6.07, 6.45) is 2.28. The van der Waals surface area contributed by atoms with Crippen LogP contribution in [0.15, 0.2) is 24.4 Å². The fourth-order valence-electron chi connectivity index (χ4n) is 3.34. The summed E-state index contributed by atoms with van der Waals surface area (Å²) < 4.78 is 2.05. The molecule has 2 N–H and O–H groups in total. The molecule has 7 heteroatoms. The van der Waals surface area contributed by atoms with Crippen molar-refractivity contribution in [1.29, 1.82) is 0 Å².